The second-order valence-electron chi connectivity index (χ2n) is 7.94. The van der Waals surface area contributed by atoms with Crippen molar-refractivity contribution in [2.45, 2.75) is 46.2 Å². The largest absolute Gasteiger partial charge is 0.490 e. The average Bonchev–Trinajstić information content (AvgIpc) is 2.73. The molecule has 1 aromatic carbocycles. The van der Waals surface area contributed by atoms with Crippen molar-refractivity contribution in [3.8, 4) is 17.4 Å². The van der Waals surface area contributed by atoms with E-state index in [-0.39, 0.29) is 18.0 Å². The fourth-order valence-corrected chi connectivity index (χ4v) is 2.65. The van der Waals surface area contributed by atoms with Crippen LogP contribution in [0.25, 0.3) is 0 Å². The molecule has 0 aliphatic heterocycles. The first kappa shape index (κ1) is 24.0. The molecule has 0 fully saturated rings. The van der Waals surface area contributed by atoms with Crippen LogP contribution in [-0.4, -0.2) is 42.6 Å². The van der Waals surface area contributed by atoms with Crippen LogP contribution in [0.1, 0.15) is 39.7 Å². The van der Waals surface area contributed by atoms with Gasteiger partial charge in [-0.15, -0.1) is 0 Å². The minimum atomic E-state index is -0.283. The van der Waals surface area contributed by atoms with Crippen LogP contribution in [0.3, 0.4) is 0 Å². The van der Waals surface area contributed by atoms with Crippen LogP contribution in [0.5, 0.6) is 17.4 Å². The quantitative estimate of drug-likeness (QED) is 0.420. The van der Waals surface area contributed by atoms with Crippen molar-refractivity contribution in [3.05, 3.63) is 48.2 Å². The fraction of sp³-hybridized carbons (Fsp3) is 0.435. The van der Waals surface area contributed by atoms with Crippen LogP contribution < -0.4 is 25.4 Å². The van der Waals surface area contributed by atoms with Gasteiger partial charge >= 0.3 is 0 Å². The number of nitrogens with zero attached hydrogens (tertiary/aromatic N) is 2. The Hall–Kier alpha value is -3.29. The van der Waals surface area contributed by atoms with Crippen molar-refractivity contribution in [3.63, 3.8) is 0 Å². The highest BCUT2D eigenvalue weighted by Gasteiger charge is 2.14. The number of benzene rings is 1. The Morgan fingerprint density at radius 3 is 2.52 bits per heavy atom. The second kappa shape index (κ2) is 11.8. The lowest BCUT2D eigenvalue weighted by molar-refractivity contribution is -0.121. The summed E-state index contributed by atoms with van der Waals surface area (Å²) in [4.78, 5) is 20.6. The summed E-state index contributed by atoms with van der Waals surface area (Å²) >= 11 is 0. The van der Waals surface area contributed by atoms with E-state index in [9.17, 15) is 4.79 Å². The topological polar surface area (TPSA) is 96.9 Å². The van der Waals surface area contributed by atoms with Crippen LogP contribution in [0, 0.1) is 0 Å². The Bertz CT molecular complexity index is 878. The number of pyridine rings is 1. The summed E-state index contributed by atoms with van der Waals surface area (Å²) in [5, 5.41) is 9.10. The zero-order valence-corrected chi connectivity index (χ0v) is 19.0. The van der Waals surface area contributed by atoms with Crippen molar-refractivity contribution in [2.75, 3.05) is 20.2 Å². The van der Waals surface area contributed by atoms with E-state index in [1.165, 1.54) is 0 Å². The minimum absolute atomic E-state index is 0.107. The number of carbonyl (C=O) groups excluding carboxylic acids is 1. The maximum Gasteiger partial charge on any atom is 0.239 e. The zero-order chi connectivity index (χ0) is 22.7. The Labute approximate surface area is 184 Å². The standard InChI is InChI=1S/C23H33N5O3/c1-6-14-30-18-11-7-8-12-19(18)31-21-17(10-9-13-25-21)15-26-22(24-5)27-16-20(29)28-23(2,3)4/h7-13H,6,14-16H2,1-5H3,(H,28,29)(H2,24,26,27). The number of rotatable bonds is 9. The van der Waals surface area contributed by atoms with E-state index in [1.807, 2.05) is 57.2 Å². The fourth-order valence-electron chi connectivity index (χ4n) is 2.65. The summed E-state index contributed by atoms with van der Waals surface area (Å²) in [5.74, 6) is 2.16. The van der Waals surface area contributed by atoms with Crippen LogP contribution >= 0.6 is 0 Å². The molecule has 0 aliphatic carbocycles. The van der Waals surface area contributed by atoms with Crippen LogP contribution in [0.15, 0.2) is 47.6 Å². The highest BCUT2D eigenvalue weighted by atomic mass is 16.5. The molecule has 2 rings (SSSR count). The molecular formula is C23H33N5O3. The van der Waals surface area contributed by atoms with Gasteiger partial charge in [-0.1, -0.05) is 25.1 Å². The predicted octanol–water partition coefficient (Wildman–Crippen LogP) is 3.24. The van der Waals surface area contributed by atoms with Gasteiger partial charge in [-0.3, -0.25) is 9.79 Å². The normalized spacial score (nSPS) is 11.6. The predicted molar refractivity (Wildman–Crippen MR) is 123 cm³/mol. The molecule has 168 valence electrons. The number of carbonyl (C=O) groups is 1. The van der Waals surface area contributed by atoms with Gasteiger partial charge < -0.3 is 25.4 Å². The summed E-state index contributed by atoms with van der Waals surface area (Å²) in [6.45, 7) is 9.02. The number of ether oxygens (including phenoxy) is 2. The third kappa shape index (κ3) is 8.54. The molecule has 0 spiro atoms. The molecule has 1 amide bonds. The van der Waals surface area contributed by atoms with Gasteiger partial charge in [-0.2, -0.15) is 0 Å². The molecule has 31 heavy (non-hydrogen) atoms. The van der Waals surface area contributed by atoms with E-state index < -0.39 is 0 Å². The number of nitrogens with one attached hydrogen (secondary N) is 3. The minimum Gasteiger partial charge on any atom is -0.490 e. The molecule has 1 heterocycles. The summed E-state index contributed by atoms with van der Waals surface area (Å²) in [5.41, 5.74) is 0.560. The maximum absolute atomic E-state index is 12.0. The van der Waals surface area contributed by atoms with Crippen LogP contribution in [-0.2, 0) is 11.3 Å². The van der Waals surface area contributed by atoms with Gasteiger partial charge in [0, 0.05) is 30.9 Å². The number of aliphatic imine (C=N–C) groups is 1. The smallest absolute Gasteiger partial charge is 0.239 e. The number of hydrogen-bond acceptors (Lipinski definition) is 5. The Balaban J connectivity index is 2.00. The van der Waals surface area contributed by atoms with Gasteiger partial charge in [0.1, 0.15) is 0 Å². The summed E-state index contributed by atoms with van der Waals surface area (Å²) in [7, 11) is 1.65. The lowest BCUT2D eigenvalue weighted by atomic mass is 10.1. The van der Waals surface area contributed by atoms with Gasteiger partial charge in [0.25, 0.3) is 0 Å². The molecule has 0 radical (unpaired) electrons. The van der Waals surface area contributed by atoms with Crippen molar-refractivity contribution in [1.29, 1.82) is 0 Å². The van der Waals surface area contributed by atoms with Gasteiger partial charge in [0.2, 0.25) is 11.8 Å². The number of para-hydroxylation sites is 2. The van der Waals surface area contributed by atoms with E-state index >= 15 is 0 Å². The van der Waals surface area contributed by atoms with Crippen molar-refractivity contribution in [2.24, 2.45) is 4.99 Å². The molecule has 0 bridgehead atoms. The summed E-state index contributed by atoms with van der Waals surface area (Å²) in [6.07, 6.45) is 2.59. The van der Waals surface area contributed by atoms with Crippen molar-refractivity contribution >= 4 is 11.9 Å². The van der Waals surface area contributed by atoms with Gasteiger partial charge in [0.05, 0.1) is 13.2 Å². The van der Waals surface area contributed by atoms with Crippen LogP contribution in [0.4, 0.5) is 0 Å². The molecule has 0 atom stereocenters. The van der Waals surface area contributed by atoms with E-state index in [0.29, 0.717) is 36.5 Å². The molecule has 0 unspecified atom stereocenters. The van der Waals surface area contributed by atoms with E-state index in [4.69, 9.17) is 9.47 Å². The Morgan fingerprint density at radius 2 is 1.84 bits per heavy atom. The highest BCUT2D eigenvalue weighted by molar-refractivity contribution is 5.86. The lowest BCUT2D eigenvalue weighted by Gasteiger charge is -2.21. The summed E-state index contributed by atoms with van der Waals surface area (Å²) in [6, 6.07) is 11.3. The van der Waals surface area contributed by atoms with Gasteiger partial charge in [0.15, 0.2) is 17.5 Å². The Kier molecular flexibility index (Phi) is 9.12. The molecule has 2 aromatic rings. The summed E-state index contributed by atoms with van der Waals surface area (Å²) < 4.78 is 11.8. The molecule has 3 N–H and O–H groups in total. The Morgan fingerprint density at radius 1 is 1.10 bits per heavy atom. The zero-order valence-electron chi connectivity index (χ0n) is 19.0. The number of amides is 1. The highest BCUT2D eigenvalue weighted by Crippen LogP contribution is 2.31. The van der Waals surface area contributed by atoms with E-state index in [0.717, 1.165) is 12.0 Å². The molecule has 8 nitrogen and oxygen atoms in total. The van der Waals surface area contributed by atoms with Crippen molar-refractivity contribution < 1.29 is 14.3 Å². The van der Waals surface area contributed by atoms with Gasteiger partial charge in [-0.05, 0) is 45.4 Å². The SMILES string of the molecule is CCCOc1ccccc1Oc1ncccc1CNC(=NC)NCC(=O)NC(C)(C)C. The number of hydrogen-bond donors (Lipinski definition) is 3. The third-order valence-corrected chi connectivity index (χ3v) is 3.97. The van der Waals surface area contributed by atoms with E-state index in [1.54, 1.807) is 13.2 Å². The number of guanidine groups is 1. The molecule has 1 aromatic heterocycles. The maximum atomic E-state index is 12.0. The first-order valence-corrected chi connectivity index (χ1v) is 10.4. The lowest BCUT2D eigenvalue weighted by Crippen LogP contribution is -2.48. The first-order valence-electron chi connectivity index (χ1n) is 10.4. The molecular weight excluding hydrogens is 394 g/mol. The van der Waals surface area contributed by atoms with E-state index in [2.05, 4.69) is 32.9 Å². The van der Waals surface area contributed by atoms with Gasteiger partial charge in [-0.25, -0.2) is 4.98 Å². The molecule has 8 heteroatoms. The van der Waals surface area contributed by atoms with Crippen LogP contribution in [0.2, 0.25) is 0 Å². The monoisotopic (exact) mass is 427 g/mol. The molecule has 0 saturated heterocycles. The number of aromatic nitrogens is 1. The second-order valence-corrected chi connectivity index (χ2v) is 7.94. The average molecular weight is 428 g/mol. The first-order chi connectivity index (χ1) is 14.8. The molecule has 0 saturated carbocycles. The van der Waals surface area contributed by atoms with Crippen molar-refractivity contribution in [1.82, 2.24) is 20.9 Å². The third-order valence-electron chi connectivity index (χ3n) is 3.97. The molecule has 0 aliphatic rings.